The smallest absolute Gasteiger partial charge is 0.269 e. The standard InChI is InChI=1S/C16H25N3O/c1-13(2)12-17-16(20)14-8-7-9-15(18-14)19-10-5-3-4-6-11-19/h7-9,13H,3-6,10-12H2,1-2H3,(H,17,20). The van der Waals surface area contributed by atoms with Gasteiger partial charge < -0.3 is 10.2 Å². The van der Waals surface area contributed by atoms with Gasteiger partial charge in [0.05, 0.1) is 0 Å². The van der Waals surface area contributed by atoms with E-state index in [1.165, 1.54) is 25.7 Å². The molecule has 0 aliphatic carbocycles. The Morgan fingerprint density at radius 3 is 2.60 bits per heavy atom. The largest absolute Gasteiger partial charge is 0.357 e. The van der Waals surface area contributed by atoms with E-state index >= 15 is 0 Å². The number of aromatic nitrogens is 1. The summed E-state index contributed by atoms with van der Waals surface area (Å²) in [5.41, 5.74) is 0.521. The second kappa shape index (κ2) is 7.27. The Hall–Kier alpha value is -1.58. The summed E-state index contributed by atoms with van der Waals surface area (Å²) in [6.07, 6.45) is 5.02. The zero-order valence-corrected chi connectivity index (χ0v) is 12.6. The highest BCUT2D eigenvalue weighted by Gasteiger charge is 2.13. The van der Waals surface area contributed by atoms with Crippen molar-refractivity contribution in [2.45, 2.75) is 39.5 Å². The molecule has 0 atom stereocenters. The van der Waals surface area contributed by atoms with Crippen molar-refractivity contribution in [3.8, 4) is 0 Å². The lowest BCUT2D eigenvalue weighted by atomic mass is 10.2. The Morgan fingerprint density at radius 1 is 1.25 bits per heavy atom. The van der Waals surface area contributed by atoms with Crippen LogP contribution in [0.4, 0.5) is 5.82 Å². The van der Waals surface area contributed by atoms with E-state index < -0.39 is 0 Å². The van der Waals surface area contributed by atoms with E-state index in [1.54, 1.807) is 6.07 Å². The number of rotatable bonds is 4. The molecule has 4 heteroatoms. The molecule has 2 rings (SSSR count). The summed E-state index contributed by atoms with van der Waals surface area (Å²) in [6, 6.07) is 5.72. The SMILES string of the molecule is CC(C)CNC(=O)c1cccc(N2CCCCCC2)n1. The minimum Gasteiger partial charge on any atom is -0.357 e. The Kier molecular flexibility index (Phi) is 5.39. The van der Waals surface area contributed by atoms with Crippen molar-refractivity contribution in [1.82, 2.24) is 10.3 Å². The molecule has 0 saturated carbocycles. The molecule has 4 nitrogen and oxygen atoms in total. The number of anilines is 1. The maximum Gasteiger partial charge on any atom is 0.269 e. The molecule has 0 radical (unpaired) electrons. The monoisotopic (exact) mass is 275 g/mol. The van der Waals surface area contributed by atoms with Crippen LogP contribution in [-0.2, 0) is 0 Å². The van der Waals surface area contributed by atoms with Crippen molar-refractivity contribution < 1.29 is 4.79 Å². The quantitative estimate of drug-likeness (QED) is 0.919. The van der Waals surface area contributed by atoms with Gasteiger partial charge in [-0.3, -0.25) is 4.79 Å². The van der Waals surface area contributed by atoms with Crippen LogP contribution in [0, 0.1) is 5.92 Å². The van der Waals surface area contributed by atoms with Crippen LogP contribution in [-0.4, -0.2) is 30.5 Å². The highest BCUT2D eigenvalue weighted by atomic mass is 16.1. The third-order valence-corrected chi connectivity index (χ3v) is 3.57. The molecule has 0 bridgehead atoms. The van der Waals surface area contributed by atoms with Gasteiger partial charge in [0.15, 0.2) is 0 Å². The molecule has 1 saturated heterocycles. The fraction of sp³-hybridized carbons (Fsp3) is 0.625. The molecule has 0 unspecified atom stereocenters. The molecule has 1 N–H and O–H groups in total. The van der Waals surface area contributed by atoms with E-state index in [2.05, 4.69) is 29.0 Å². The number of pyridine rings is 1. The van der Waals surface area contributed by atoms with Crippen LogP contribution in [0.2, 0.25) is 0 Å². The second-order valence-electron chi connectivity index (χ2n) is 5.89. The molecule has 0 spiro atoms. The van der Waals surface area contributed by atoms with Crippen LogP contribution >= 0.6 is 0 Å². The Bertz CT molecular complexity index is 437. The van der Waals surface area contributed by atoms with Gasteiger partial charge in [-0.25, -0.2) is 4.98 Å². The zero-order valence-electron chi connectivity index (χ0n) is 12.6. The third-order valence-electron chi connectivity index (χ3n) is 3.57. The van der Waals surface area contributed by atoms with Gasteiger partial charge in [-0.05, 0) is 30.9 Å². The van der Waals surface area contributed by atoms with E-state index in [1.807, 2.05) is 12.1 Å². The van der Waals surface area contributed by atoms with Crippen molar-refractivity contribution in [3.63, 3.8) is 0 Å². The molecule has 2 heterocycles. The highest BCUT2D eigenvalue weighted by Crippen LogP contribution is 2.17. The summed E-state index contributed by atoms with van der Waals surface area (Å²) in [7, 11) is 0. The molecule has 1 fully saturated rings. The first-order chi connectivity index (χ1) is 9.66. The number of carbonyl (C=O) groups is 1. The summed E-state index contributed by atoms with van der Waals surface area (Å²) in [5, 5.41) is 2.92. The van der Waals surface area contributed by atoms with Crippen LogP contribution in [0.25, 0.3) is 0 Å². The van der Waals surface area contributed by atoms with Gasteiger partial charge in [0.2, 0.25) is 0 Å². The minimum atomic E-state index is -0.0737. The maximum absolute atomic E-state index is 12.1. The number of amides is 1. The van der Waals surface area contributed by atoms with Crippen molar-refractivity contribution in [3.05, 3.63) is 23.9 Å². The normalized spacial score (nSPS) is 16.1. The number of carbonyl (C=O) groups excluding carboxylic acids is 1. The van der Waals surface area contributed by atoms with Crippen molar-refractivity contribution in [1.29, 1.82) is 0 Å². The Morgan fingerprint density at radius 2 is 1.95 bits per heavy atom. The Balaban J connectivity index is 2.04. The minimum absolute atomic E-state index is 0.0737. The lowest BCUT2D eigenvalue weighted by Gasteiger charge is -2.21. The summed E-state index contributed by atoms with van der Waals surface area (Å²) < 4.78 is 0. The first kappa shape index (κ1) is 14.8. The molecule has 110 valence electrons. The van der Waals surface area contributed by atoms with E-state index in [9.17, 15) is 4.79 Å². The summed E-state index contributed by atoms with van der Waals surface area (Å²) in [5.74, 6) is 1.31. The van der Waals surface area contributed by atoms with E-state index in [0.29, 0.717) is 18.2 Å². The molecule has 1 aliphatic heterocycles. The van der Waals surface area contributed by atoms with Gasteiger partial charge in [0.25, 0.3) is 5.91 Å². The topological polar surface area (TPSA) is 45.2 Å². The number of nitrogens with zero attached hydrogens (tertiary/aromatic N) is 2. The molecule has 1 aliphatic rings. The van der Waals surface area contributed by atoms with Gasteiger partial charge in [-0.15, -0.1) is 0 Å². The first-order valence-corrected chi connectivity index (χ1v) is 7.67. The summed E-state index contributed by atoms with van der Waals surface area (Å²) in [4.78, 5) is 18.9. The van der Waals surface area contributed by atoms with Crippen LogP contribution < -0.4 is 10.2 Å². The molecular formula is C16H25N3O. The average Bonchev–Trinajstić information content (AvgIpc) is 2.74. The maximum atomic E-state index is 12.1. The van der Waals surface area contributed by atoms with Gasteiger partial charge in [0, 0.05) is 19.6 Å². The van der Waals surface area contributed by atoms with Gasteiger partial charge in [0.1, 0.15) is 11.5 Å². The van der Waals surface area contributed by atoms with Crippen LogP contribution in [0.15, 0.2) is 18.2 Å². The van der Waals surface area contributed by atoms with E-state index in [4.69, 9.17) is 0 Å². The van der Waals surface area contributed by atoms with Crippen molar-refractivity contribution in [2.75, 3.05) is 24.5 Å². The molecule has 1 aromatic rings. The third kappa shape index (κ3) is 4.22. The van der Waals surface area contributed by atoms with Crippen molar-refractivity contribution >= 4 is 11.7 Å². The van der Waals surface area contributed by atoms with Gasteiger partial charge in [-0.1, -0.05) is 32.8 Å². The summed E-state index contributed by atoms with van der Waals surface area (Å²) >= 11 is 0. The number of nitrogens with one attached hydrogen (secondary N) is 1. The van der Waals surface area contributed by atoms with Gasteiger partial charge >= 0.3 is 0 Å². The summed E-state index contributed by atoms with van der Waals surface area (Å²) in [6.45, 7) is 6.95. The lowest BCUT2D eigenvalue weighted by molar-refractivity contribution is 0.0944. The highest BCUT2D eigenvalue weighted by molar-refractivity contribution is 5.92. The van der Waals surface area contributed by atoms with E-state index in [-0.39, 0.29) is 5.91 Å². The first-order valence-electron chi connectivity index (χ1n) is 7.67. The Labute approximate surface area is 121 Å². The van der Waals surface area contributed by atoms with Gasteiger partial charge in [-0.2, -0.15) is 0 Å². The predicted molar refractivity (Wildman–Crippen MR) is 82.1 cm³/mol. The van der Waals surface area contributed by atoms with Crippen LogP contribution in [0.5, 0.6) is 0 Å². The second-order valence-corrected chi connectivity index (χ2v) is 5.89. The molecule has 20 heavy (non-hydrogen) atoms. The van der Waals surface area contributed by atoms with Crippen LogP contribution in [0.3, 0.4) is 0 Å². The number of hydrogen-bond donors (Lipinski definition) is 1. The van der Waals surface area contributed by atoms with Crippen LogP contribution in [0.1, 0.15) is 50.0 Å². The van der Waals surface area contributed by atoms with Crippen molar-refractivity contribution in [2.24, 2.45) is 5.92 Å². The fourth-order valence-electron chi connectivity index (χ4n) is 2.41. The molecular weight excluding hydrogens is 250 g/mol. The predicted octanol–water partition coefficient (Wildman–Crippen LogP) is 2.85. The molecule has 0 aromatic carbocycles. The number of hydrogen-bond acceptors (Lipinski definition) is 3. The zero-order chi connectivity index (χ0) is 14.4. The molecule has 1 aromatic heterocycles. The lowest BCUT2D eigenvalue weighted by Crippen LogP contribution is -2.29. The fourth-order valence-corrected chi connectivity index (χ4v) is 2.41. The average molecular weight is 275 g/mol. The van der Waals surface area contributed by atoms with E-state index in [0.717, 1.165) is 18.9 Å². The molecule has 1 amide bonds.